The highest BCUT2D eigenvalue weighted by atomic mass is 32.2. The lowest BCUT2D eigenvalue weighted by atomic mass is 9.87. The van der Waals surface area contributed by atoms with Gasteiger partial charge in [-0.05, 0) is 70.6 Å². The molecule has 1 N–H and O–H groups in total. The van der Waals surface area contributed by atoms with E-state index in [0.717, 1.165) is 38.8 Å². The second-order valence-electron chi connectivity index (χ2n) is 11.1. The summed E-state index contributed by atoms with van der Waals surface area (Å²) >= 11 is 0. The van der Waals surface area contributed by atoms with E-state index in [1.165, 1.54) is 30.8 Å². The van der Waals surface area contributed by atoms with Gasteiger partial charge in [-0.25, -0.2) is 27.5 Å². The third-order valence-corrected chi connectivity index (χ3v) is 8.23. The van der Waals surface area contributed by atoms with Crippen LogP contribution < -0.4 is 14.4 Å². The van der Waals surface area contributed by atoms with E-state index in [1.807, 2.05) is 20.8 Å². The monoisotopic (exact) mass is 577 g/mol. The molecule has 1 aliphatic carbocycles. The number of sulfonamides is 1. The first kappa shape index (κ1) is 30.1. The lowest BCUT2D eigenvalue weighted by Gasteiger charge is -2.40. The molecule has 12 heteroatoms. The molecule has 10 nitrogen and oxygen atoms in total. The van der Waals surface area contributed by atoms with Crippen molar-refractivity contribution in [3.05, 3.63) is 42.1 Å². The fraction of sp³-hybridized carbons (Fsp3) is 0.607. The second kappa shape index (κ2) is 13.2. The molecule has 1 saturated heterocycles. The molecule has 2 fully saturated rings. The van der Waals surface area contributed by atoms with E-state index in [0.29, 0.717) is 43.2 Å². The van der Waals surface area contributed by atoms with Gasteiger partial charge in [-0.15, -0.1) is 0 Å². The molecule has 0 radical (unpaired) electrons. The predicted molar refractivity (Wildman–Crippen MR) is 151 cm³/mol. The van der Waals surface area contributed by atoms with Gasteiger partial charge in [-0.2, -0.15) is 0 Å². The molecule has 0 unspecified atom stereocenters. The Morgan fingerprint density at radius 2 is 1.85 bits per heavy atom. The smallest absolute Gasteiger partial charge is 0.257 e. The Kier molecular flexibility index (Phi) is 9.96. The number of carbonyl (C=O) groups is 1. The molecule has 220 valence electrons. The summed E-state index contributed by atoms with van der Waals surface area (Å²) < 4.78 is 51.9. The molecular formula is C28H40FN5O5S. The normalized spacial score (nSPS) is 19.9. The summed E-state index contributed by atoms with van der Waals surface area (Å²) in [7, 11) is -3.17. The number of carbonyl (C=O) groups excluding carboxylic acids is 1. The Hall–Kier alpha value is -2.83. The molecule has 2 aliphatic rings. The van der Waals surface area contributed by atoms with Crippen molar-refractivity contribution in [1.82, 2.24) is 19.6 Å². The van der Waals surface area contributed by atoms with Crippen molar-refractivity contribution in [2.45, 2.75) is 58.5 Å². The molecule has 1 aliphatic heterocycles. The number of rotatable bonds is 12. The molecule has 2 heterocycles. The quantitative estimate of drug-likeness (QED) is 0.405. The van der Waals surface area contributed by atoms with Crippen molar-refractivity contribution in [2.24, 2.45) is 11.8 Å². The fourth-order valence-electron chi connectivity index (χ4n) is 5.39. The van der Waals surface area contributed by atoms with Crippen LogP contribution in [0, 0.1) is 17.7 Å². The van der Waals surface area contributed by atoms with Gasteiger partial charge in [-0.3, -0.25) is 4.79 Å². The van der Waals surface area contributed by atoms with Gasteiger partial charge in [0, 0.05) is 44.2 Å². The van der Waals surface area contributed by atoms with Crippen LogP contribution in [0.4, 0.5) is 10.2 Å². The van der Waals surface area contributed by atoms with Crippen LogP contribution in [-0.4, -0.2) is 80.4 Å². The first-order chi connectivity index (χ1) is 19.0. The van der Waals surface area contributed by atoms with Crippen molar-refractivity contribution in [1.29, 1.82) is 0 Å². The van der Waals surface area contributed by atoms with E-state index >= 15 is 0 Å². The Morgan fingerprint density at radius 1 is 1.15 bits per heavy atom. The zero-order valence-corrected chi connectivity index (χ0v) is 24.5. The lowest BCUT2D eigenvalue weighted by Crippen LogP contribution is -2.49. The Morgan fingerprint density at radius 3 is 2.50 bits per heavy atom. The zero-order valence-electron chi connectivity index (χ0n) is 23.7. The number of nitrogens with zero attached hydrogens (tertiary/aromatic N) is 4. The third-order valence-electron chi connectivity index (χ3n) is 7.47. The minimum absolute atomic E-state index is 0.0283. The molecule has 40 heavy (non-hydrogen) atoms. The van der Waals surface area contributed by atoms with Gasteiger partial charge < -0.3 is 19.3 Å². The van der Waals surface area contributed by atoms with Crippen molar-refractivity contribution < 1.29 is 27.1 Å². The average Bonchev–Trinajstić information content (AvgIpc) is 2.87. The van der Waals surface area contributed by atoms with Gasteiger partial charge in [0.15, 0.2) is 11.6 Å². The summed E-state index contributed by atoms with van der Waals surface area (Å²) in [6, 6.07) is 3.92. The molecule has 0 bridgehead atoms. The highest BCUT2D eigenvalue weighted by Crippen LogP contribution is 2.35. The van der Waals surface area contributed by atoms with E-state index in [4.69, 9.17) is 9.47 Å². The van der Waals surface area contributed by atoms with Crippen LogP contribution in [0.25, 0.3) is 0 Å². The van der Waals surface area contributed by atoms with Gasteiger partial charge in [0.2, 0.25) is 10.0 Å². The molecular weight excluding hydrogens is 537 g/mol. The molecule has 1 aromatic heterocycles. The van der Waals surface area contributed by atoms with E-state index in [2.05, 4.69) is 19.6 Å². The lowest BCUT2D eigenvalue weighted by molar-refractivity contribution is 0.0510. The van der Waals surface area contributed by atoms with Crippen LogP contribution in [0.3, 0.4) is 0 Å². The van der Waals surface area contributed by atoms with E-state index in [1.54, 1.807) is 11.1 Å². The zero-order chi connectivity index (χ0) is 28.9. The van der Waals surface area contributed by atoms with Crippen LogP contribution in [0.5, 0.6) is 11.5 Å². The van der Waals surface area contributed by atoms with E-state index in [9.17, 15) is 17.6 Å². The van der Waals surface area contributed by atoms with Gasteiger partial charge in [0.25, 0.3) is 5.91 Å². The summed E-state index contributed by atoms with van der Waals surface area (Å²) in [5.41, 5.74) is 0.154. The van der Waals surface area contributed by atoms with Gasteiger partial charge in [0.05, 0.1) is 24.6 Å². The average molecular weight is 578 g/mol. The minimum Gasteiger partial charge on any atom is -0.451 e. The third kappa shape index (κ3) is 7.88. The highest BCUT2D eigenvalue weighted by Gasteiger charge is 2.31. The molecule has 2 aromatic rings. The van der Waals surface area contributed by atoms with Crippen LogP contribution in [0.2, 0.25) is 0 Å². The molecule has 4 rings (SSSR count). The molecule has 1 aromatic carbocycles. The maximum atomic E-state index is 14.1. The number of nitrogens with one attached hydrogen (secondary N) is 1. The van der Waals surface area contributed by atoms with Crippen LogP contribution in [0.15, 0.2) is 30.7 Å². The number of ether oxygens (including phenoxy) is 2. The van der Waals surface area contributed by atoms with E-state index < -0.39 is 15.8 Å². The van der Waals surface area contributed by atoms with Crippen LogP contribution >= 0.6 is 0 Å². The molecule has 1 saturated carbocycles. The van der Waals surface area contributed by atoms with Gasteiger partial charge in [-0.1, -0.05) is 0 Å². The van der Waals surface area contributed by atoms with Crippen molar-refractivity contribution in [3.63, 3.8) is 0 Å². The van der Waals surface area contributed by atoms with E-state index in [-0.39, 0.29) is 29.3 Å². The predicted octanol–water partition coefficient (Wildman–Crippen LogP) is 3.84. The van der Waals surface area contributed by atoms with Crippen molar-refractivity contribution >= 4 is 21.7 Å². The Bertz CT molecular complexity index is 1260. The largest absolute Gasteiger partial charge is 0.451 e. The minimum atomic E-state index is -3.17. The number of aromatic nitrogens is 2. The number of anilines is 1. The Labute approximate surface area is 236 Å². The maximum Gasteiger partial charge on any atom is 0.257 e. The summed E-state index contributed by atoms with van der Waals surface area (Å²) in [5.74, 6) is 1.25. The Balaban J connectivity index is 1.30. The number of amides is 1. The second-order valence-corrected chi connectivity index (χ2v) is 12.8. The summed E-state index contributed by atoms with van der Waals surface area (Å²) in [5, 5.41) is 0. The first-order valence-corrected chi connectivity index (χ1v) is 15.8. The van der Waals surface area contributed by atoms with Crippen LogP contribution in [0.1, 0.15) is 56.8 Å². The standard InChI is InChI=1S/C28H40FN5O5S/c1-5-34(19(2)3)28(35)24-12-22(29)8-11-25(24)39-26-13-30-18-31-27(26)33-14-21(15-33)17-38-16-20-6-9-23(10-7-20)32-40(4,36)37/h8,11-13,18-21,23,32H,5-7,9-10,14-17H2,1-4H3. The van der Waals surface area contributed by atoms with Gasteiger partial charge in [0.1, 0.15) is 17.9 Å². The molecule has 0 atom stereocenters. The topological polar surface area (TPSA) is 114 Å². The van der Waals surface area contributed by atoms with Crippen LogP contribution in [-0.2, 0) is 14.8 Å². The number of hydrogen-bond acceptors (Lipinski definition) is 8. The number of benzene rings is 1. The van der Waals surface area contributed by atoms with Crippen molar-refractivity contribution in [2.75, 3.05) is 44.0 Å². The summed E-state index contributed by atoms with van der Waals surface area (Å²) in [6.07, 6.45) is 7.79. The highest BCUT2D eigenvalue weighted by molar-refractivity contribution is 7.88. The SMILES string of the molecule is CCN(C(=O)c1cc(F)ccc1Oc1cncnc1N1CC(COCC2CCC(NS(C)(=O)=O)CC2)C1)C(C)C. The van der Waals surface area contributed by atoms with Crippen molar-refractivity contribution in [3.8, 4) is 11.5 Å². The summed E-state index contributed by atoms with van der Waals surface area (Å²) in [6.45, 7) is 9.00. The summed E-state index contributed by atoms with van der Waals surface area (Å²) in [4.78, 5) is 25.4. The van der Waals surface area contributed by atoms with Gasteiger partial charge >= 0.3 is 0 Å². The number of hydrogen-bond donors (Lipinski definition) is 1. The first-order valence-electron chi connectivity index (χ1n) is 13.9. The fourth-order valence-corrected chi connectivity index (χ4v) is 6.24. The molecule has 1 amide bonds. The molecule has 0 spiro atoms. The maximum absolute atomic E-state index is 14.1. The number of halogens is 1.